The molecular formula is C27H34F2N6O2. The number of aryl methyl sites for hydroxylation is 1. The summed E-state index contributed by atoms with van der Waals surface area (Å²) in [5, 5.41) is 9.77. The average Bonchev–Trinajstić information content (AvgIpc) is 3.54. The summed E-state index contributed by atoms with van der Waals surface area (Å²) in [6, 6.07) is 9.95. The van der Waals surface area contributed by atoms with Crippen LogP contribution in [0.5, 0.6) is 0 Å². The molecule has 3 aromatic rings. The molecule has 1 fully saturated rings. The smallest absolute Gasteiger partial charge is 0.259 e. The van der Waals surface area contributed by atoms with Crippen LogP contribution in [-0.2, 0) is 16.6 Å². The fraction of sp³-hybridized carbons (Fsp3) is 0.481. The number of hydrogen-bond donors (Lipinski definition) is 3. The third kappa shape index (κ3) is 6.61. The molecule has 1 saturated carbocycles. The number of rotatable bonds is 12. The number of carbonyl (C=O) groups is 2. The molecule has 4 rings (SSSR count). The number of alkyl halides is 2. The fourth-order valence-electron chi connectivity index (χ4n) is 4.57. The second-order valence-electron chi connectivity index (χ2n) is 9.70. The van der Waals surface area contributed by atoms with Gasteiger partial charge in [0.25, 0.3) is 5.92 Å². The number of aromatic nitrogens is 4. The van der Waals surface area contributed by atoms with Crippen molar-refractivity contribution < 1.29 is 18.4 Å². The van der Waals surface area contributed by atoms with E-state index in [0.29, 0.717) is 18.7 Å². The first-order chi connectivity index (χ1) is 17.8. The topological polar surface area (TPSA) is 105 Å². The van der Waals surface area contributed by atoms with Crippen LogP contribution in [0.3, 0.4) is 0 Å². The summed E-state index contributed by atoms with van der Waals surface area (Å²) in [5.74, 6) is -4.20. The molecule has 198 valence electrons. The number of unbranched alkanes of at least 4 members (excludes halogenated alkanes) is 2. The minimum Gasteiger partial charge on any atom is -0.359 e. The second-order valence-corrected chi connectivity index (χ2v) is 9.70. The van der Waals surface area contributed by atoms with Crippen molar-refractivity contribution in [2.45, 2.75) is 56.8 Å². The van der Waals surface area contributed by atoms with E-state index in [1.54, 1.807) is 17.9 Å². The summed E-state index contributed by atoms with van der Waals surface area (Å²) in [5.41, 5.74) is 3.70. The van der Waals surface area contributed by atoms with E-state index in [-0.39, 0.29) is 31.2 Å². The van der Waals surface area contributed by atoms with Gasteiger partial charge in [-0.3, -0.25) is 14.3 Å². The SMILES string of the molecule is CNC(=O)CCCCCC(CNC(=O)C1CCC1(F)F)c1ncc(-c2ccc(-c3ccn(C)n3)cc2)[nH]1. The molecule has 1 aromatic carbocycles. The second kappa shape index (κ2) is 11.7. The molecular weight excluding hydrogens is 478 g/mol. The molecule has 2 unspecified atom stereocenters. The molecule has 1 aliphatic carbocycles. The first-order valence-corrected chi connectivity index (χ1v) is 12.8. The Labute approximate surface area is 215 Å². The van der Waals surface area contributed by atoms with Crippen molar-refractivity contribution in [3.8, 4) is 22.5 Å². The van der Waals surface area contributed by atoms with Gasteiger partial charge in [0, 0.05) is 51.2 Å². The lowest BCUT2D eigenvalue weighted by molar-refractivity contribution is -0.162. The minimum atomic E-state index is -2.92. The van der Waals surface area contributed by atoms with Gasteiger partial charge in [0.05, 0.1) is 17.6 Å². The summed E-state index contributed by atoms with van der Waals surface area (Å²) in [4.78, 5) is 31.8. The summed E-state index contributed by atoms with van der Waals surface area (Å²) in [6.07, 6.45) is 7.24. The van der Waals surface area contributed by atoms with E-state index < -0.39 is 17.7 Å². The summed E-state index contributed by atoms with van der Waals surface area (Å²) in [7, 11) is 3.50. The van der Waals surface area contributed by atoms with Crippen LogP contribution in [0.1, 0.15) is 56.7 Å². The number of H-pyrrole nitrogens is 1. The predicted molar refractivity (Wildman–Crippen MR) is 137 cm³/mol. The summed E-state index contributed by atoms with van der Waals surface area (Å²) in [6.45, 7) is 0.229. The monoisotopic (exact) mass is 512 g/mol. The van der Waals surface area contributed by atoms with Gasteiger partial charge in [-0.1, -0.05) is 37.1 Å². The average molecular weight is 513 g/mol. The van der Waals surface area contributed by atoms with E-state index >= 15 is 0 Å². The van der Waals surface area contributed by atoms with E-state index in [1.807, 2.05) is 43.6 Å². The molecule has 0 aliphatic heterocycles. The number of halogens is 2. The van der Waals surface area contributed by atoms with E-state index in [0.717, 1.165) is 41.8 Å². The van der Waals surface area contributed by atoms with E-state index in [4.69, 9.17) is 0 Å². The van der Waals surface area contributed by atoms with Crippen molar-refractivity contribution in [2.75, 3.05) is 13.6 Å². The van der Waals surface area contributed by atoms with E-state index in [9.17, 15) is 18.4 Å². The number of nitrogens with zero attached hydrogens (tertiary/aromatic N) is 3. The zero-order chi connectivity index (χ0) is 26.4. The molecule has 2 aromatic heterocycles. The quantitative estimate of drug-likeness (QED) is 0.313. The molecule has 0 bridgehead atoms. The molecule has 0 spiro atoms. The molecule has 0 radical (unpaired) electrons. The van der Waals surface area contributed by atoms with Crippen LogP contribution in [0.25, 0.3) is 22.5 Å². The highest BCUT2D eigenvalue weighted by Gasteiger charge is 2.52. The minimum absolute atomic E-state index is 0.00924. The number of amides is 2. The maximum absolute atomic E-state index is 13.7. The van der Waals surface area contributed by atoms with Crippen LogP contribution in [0.4, 0.5) is 8.78 Å². The summed E-state index contributed by atoms with van der Waals surface area (Å²) < 4.78 is 29.1. The Morgan fingerprint density at radius 2 is 1.92 bits per heavy atom. The lowest BCUT2D eigenvalue weighted by Crippen LogP contribution is -2.49. The Kier molecular flexibility index (Phi) is 8.35. The van der Waals surface area contributed by atoms with Gasteiger partial charge >= 0.3 is 0 Å². The largest absolute Gasteiger partial charge is 0.359 e. The molecule has 8 nitrogen and oxygen atoms in total. The molecule has 3 N–H and O–H groups in total. The highest BCUT2D eigenvalue weighted by atomic mass is 19.3. The van der Waals surface area contributed by atoms with Crippen LogP contribution in [-0.4, -0.2) is 51.1 Å². The molecule has 2 heterocycles. The van der Waals surface area contributed by atoms with Crippen LogP contribution < -0.4 is 10.6 Å². The highest BCUT2D eigenvalue weighted by Crippen LogP contribution is 2.43. The van der Waals surface area contributed by atoms with Gasteiger partial charge in [0.1, 0.15) is 11.7 Å². The van der Waals surface area contributed by atoms with E-state index in [2.05, 4.69) is 25.7 Å². The molecule has 2 atom stereocenters. The third-order valence-electron chi connectivity index (χ3n) is 7.04. The number of hydrogen-bond acceptors (Lipinski definition) is 4. The predicted octanol–water partition coefficient (Wildman–Crippen LogP) is 4.42. The van der Waals surface area contributed by atoms with Crippen LogP contribution >= 0.6 is 0 Å². The molecule has 10 heteroatoms. The molecule has 0 saturated heterocycles. The number of nitrogens with one attached hydrogen (secondary N) is 3. The van der Waals surface area contributed by atoms with Gasteiger partial charge < -0.3 is 15.6 Å². The lowest BCUT2D eigenvalue weighted by Gasteiger charge is -2.35. The molecule has 37 heavy (non-hydrogen) atoms. The van der Waals surface area contributed by atoms with Crippen molar-refractivity contribution in [3.63, 3.8) is 0 Å². The van der Waals surface area contributed by atoms with Gasteiger partial charge in [-0.25, -0.2) is 13.8 Å². The van der Waals surface area contributed by atoms with Crippen molar-refractivity contribution in [3.05, 3.63) is 48.5 Å². The van der Waals surface area contributed by atoms with Gasteiger partial charge in [-0.15, -0.1) is 0 Å². The van der Waals surface area contributed by atoms with Crippen molar-refractivity contribution >= 4 is 11.8 Å². The summed E-state index contributed by atoms with van der Waals surface area (Å²) >= 11 is 0. The molecule has 1 aliphatic rings. The Morgan fingerprint density at radius 1 is 1.16 bits per heavy atom. The van der Waals surface area contributed by atoms with Crippen molar-refractivity contribution in [1.82, 2.24) is 30.4 Å². The highest BCUT2D eigenvalue weighted by molar-refractivity contribution is 5.80. The van der Waals surface area contributed by atoms with Gasteiger partial charge in [-0.05, 0) is 30.9 Å². The number of imidazole rings is 1. The van der Waals surface area contributed by atoms with Crippen LogP contribution in [0, 0.1) is 5.92 Å². The maximum Gasteiger partial charge on any atom is 0.259 e. The number of aromatic amines is 1. The first kappa shape index (κ1) is 26.5. The Bertz CT molecular complexity index is 1200. The van der Waals surface area contributed by atoms with Crippen molar-refractivity contribution in [2.24, 2.45) is 13.0 Å². The zero-order valence-corrected chi connectivity index (χ0v) is 21.3. The normalized spacial score (nSPS) is 17.1. The first-order valence-electron chi connectivity index (χ1n) is 12.8. The maximum atomic E-state index is 13.7. The Morgan fingerprint density at radius 3 is 2.54 bits per heavy atom. The fourth-order valence-corrected chi connectivity index (χ4v) is 4.57. The zero-order valence-electron chi connectivity index (χ0n) is 21.3. The Hall–Kier alpha value is -3.56. The van der Waals surface area contributed by atoms with Crippen LogP contribution in [0.2, 0.25) is 0 Å². The van der Waals surface area contributed by atoms with Gasteiger partial charge in [-0.2, -0.15) is 5.10 Å². The van der Waals surface area contributed by atoms with Crippen molar-refractivity contribution in [1.29, 1.82) is 0 Å². The lowest BCUT2D eigenvalue weighted by atomic mass is 9.80. The standard InChI is InChI=1S/C27H34F2N6O2/c1-30-24(36)7-5-3-4-6-20(16-32-26(37)21-12-14-27(21,28)29)25-31-17-23(33-25)19-10-8-18(9-11-19)22-13-15-35(2)34-22/h8-11,13,15,17,20-21H,3-7,12,14,16H2,1-2H3,(H,30,36)(H,31,33)(H,32,37). The number of carbonyl (C=O) groups excluding carboxylic acids is 2. The third-order valence-corrected chi connectivity index (χ3v) is 7.04. The number of benzene rings is 1. The molecule has 2 amide bonds. The van der Waals surface area contributed by atoms with Crippen LogP contribution in [0.15, 0.2) is 42.7 Å². The van der Waals surface area contributed by atoms with E-state index in [1.165, 1.54) is 0 Å². The Balaban J connectivity index is 1.41. The van der Waals surface area contributed by atoms with Gasteiger partial charge in [0.2, 0.25) is 11.8 Å². The van der Waals surface area contributed by atoms with Gasteiger partial charge in [0.15, 0.2) is 0 Å².